The van der Waals surface area contributed by atoms with Gasteiger partial charge in [0.05, 0.1) is 5.25 Å². The van der Waals surface area contributed by atoms with E-state index >= 15 is 0 Å². The molecule has 108 valence electrons. The molecule has 0 amide bonds. The van der Waals surface area contributed by atoms with Gasteiger partial charge >= 0.3 is 0 Å². The molecule has 1 fully saturated rings. The van der Waals surface area contributed by atoms with Crippen LogP contribution < -0.4 is 5.32 Å². The third-order valence-electron chi connectivity index (χ3n) is 3.70. The highest BCUT2D eigenvalue weighted by molar-refractivity contribution is 7.89. The molecular weight excluding hydrogens is 248 g/mol. The highest BCUT2D eigenvalue weighted by Crippen LogP contribution is 2.19. The van der Waals surface area contributed by atoms with E-state index in [0.29, 0.717) is 31.6 Å². The summed E-state index contributed by atoms with van der Waals surface area (Å²) >= 11 is 0. The maximum Gasteiger partial charge on any atom is 0.217 e. The second-order valence-electron chi connectivity index (χ2n) is 5.50. The molecule has 0 aromatic heterocycles. The second-order valence-corrected chi connectivity index (χ2v) is 7.85. The average molecular weight is 276 g/mol. The standard InChI is InChI=1S/C13H28N2O2S/c1-5-11(3)10-15(6-2)18(16,17)12(4)9-14-13-7-8-13/h11-14H,5-10H2,1-4H3. The van der Waals surface area contributed by atoms with Gasteiger partial charge in [-0.05, 0) is 25.7 Å². The monoisotopic (exact) mass is 276 g/mol. The fraction of sp³-hybridized carbons (Fsp3) is 1.00. The summed E-state index contributed by atoms with van der Waals surface area (Å²) in [5, 5.41) is 2.97. The molecule has 1 aliphatic rings. The molecule has 0 saturated heterocycles. The summed E-state index contributed by atoms with van der Waals surface area (Å²) in [5.74, 6) is 0.420. The van der Waals surface area contributed by atoms with Crippen molar-refractivity contribution < 1.29 is 8.42 Å². The second kappa shape index (κ2) is 6.87. The molecule has 4 nitrogen and oxygen atoms in total. The van der Waals surface area contributed by atoms with Crippen molar-refractivity contribution in [2.24, 2.45) is 5.92 Å². The molecule has 0 spiro atoms. The third kappa shape index (κ3) is 4.52. The van der Waals surface area contributed by atoms with Gasteiger partial charge in [0.1, 0.15) is 0 Å². The zero-order valence-corrected chi connectivity index (χ0v) is 13.0. The summed E-state index contributed by atoms with van der Waals surface area (Å²) in [4.78, 5) is 0. The van der Waals surface area contributed by atoms with Gasteiger partial charge in [-0.15, -0.1) is 0 Å². The van der Waals surface area contributed by atoms with E-state index in [1.54, 1.807) is 4.31 Å². The van der Waals surface area contributed by atoms with Gasteiger partial charge in [0.25, 0.3) is 0 Å². The van der Waals surface area contributed by atoms with Crippen LogP contribution in [0.25, 0.3) is 0 Å². The van der Waals surface area contributed by atoms with E-state index in [-0.39, 0.29) is 5.25 Å². The molecule has 1 rings (SSSR count). The van der Waals surface area contributed by atoms with Crippen molar-refractivity contribution in [2.75, 3.05) is 19.6 Å². The Bertz CT molecular complexity index is 339. The summed E-state index contributed by atoms with van der Waals surface area (Å²) < 4.78 is 26.5. The summed E-state index contributed by atoms with van der Waals surface area (Å²) in [6.45, 7) is 9.72. The minimum Gasteiger partial charge on any atom is -0.313 e. The molecule has 0 radical (unpaired) electrons. The van der Waals surface area contributed by atoms with Crippen LogP contribution in [0.3, 0.4) is 0 Å². The van der Waals surface area contributed by atoms with Crippen molar-refractivity contribution >= 4 is 10.0 Å². The Kier molecular flexibility index (Phi) is 6.08. The van der Waals surface area contributed by atoms with Gasteiger partial charge in [-0.25, -0.2) is 12.7 Å². The molecule has 0 heterocycles. The Morgan fingerprint density at radius 3 is 2.33 bits per heavy atom. The van der Waals surface area contributed by atoms with Crippen molar-refractivity contribution in [1.82, 2.24) is 9.62 Å². The number of hydrogen-bond donors (Lipinski definition) is 1. The van der Waals surface area contributed by atoms with Crippen molar-refractivity contribution in [3.63, 3.8) is 0 Å². The van der Waals surface area contributed by atoms with E-state index in [1.807, 2.05) is 13.8 Å². The normalized spacial score (nSPS) is 20.1. The summed E-state index contributed by atoms with van der Waals surface area (Å²) in [6.07, 6.45) is 3.40. The zero-order valence-electron chi connectivity index (χ0n) is 12.1. The first-order valence-electron chi connectivity index (χ1n) is 7.14. The Morgan fingerprint density at radius 2 is 1.89 bits per heavy atom. The Morgan fingerprint density at radius 1 is 1.28 bits per heavy atom. The van der Waals surface area contributed by atoms with Crippen LogP contribution in [0, 0.1) is 5.92 Å². The summed E-state index contributed by atoms with van der Waals surface area (Å²) in [7, 11) is -3.15. The van der Waals surface area contributed by atoms with Crippen LogP contribution in [0.2, 0.25) is 0 Å². The van der Waals surface area contributed by atoms with Crippen molar-refractivity contribution in [3.8, 4) is 0 Å². The Hall–Kier alpha value is -0.130. The molecular formula is C13H28N2O2S. The fourth-order valence-electron chi connectivity index (χ4n) is 1.87. The molecule has 18 heavy (non-hydrogen) atoms. The first-order chi connectivity index (χ1) is 8.41. The van der Waals surface area contributed by atoms with Gasteiger partial charge in [0.15, 0.2) is 0 Å². The van der Waals surface area contributed by atoms with Crippen LogP contribution in [-0.2, 0) is 10.0 Å². The molecule has 0 aromatic rings. The van der Waals surface area contributed by atoms with E-state index in [4.69, 9.17) is 0 Å². The van der Waals surface area contributed by atoms with Gasteiger partial charge in [-0.1, -0.05) is 27.2 Å². The topological polar surface area (TPSA) is 49.4 Å². The lowest BCUT2D eigenvalue weighted by Crippen LogP contribution is -2.43. The van der Waals surface area contributed by atoms with Crippen molar-refractivity contribution in [2.45, 2.75) is 58.2 Å². The molecule has 1 saturated carbocycles. The number of rotatable bonds is 9. The molecule has 0 aliphatic heterocycles. The summed E-state index contributed by atoms with van der Waals surface area (Å²) in [6, 6.07) is 0.562. The third-order valence-corrected chi connectivity index (χ3v) is 6.02. The largest absolute Gasteiger partial charge is 0.313 e. The lowest BCUT2D eigenvalue weighted by Gasteiger charge is -2.27. The maximum atomic E-state index is 12.4. The fourth-order valence-corrected chi connectivity index (χ4v) is 3.51. The SMILES string of the molecule is CCC(C)CN(CC)S(=O)(=O)C(C)CNC1CC1. The molecule has 2 unspecified atom stereocenters. The predicted molar refractivity (Wildman–Crippen MR) is 76.1 cm³/mol. The van der Waals surface area contributed by atoms with Crippen LogP contribution in [0.4, 0.5) is 0 Å². The van der Waals surface area contributed by atoms with E-state index in [9.17, 15) is 8.42 Å². The number of sulfonamides is 1. The first kappa shape index (κ1) is 15.9. The van der Waals surface area contributed by atoms with Gasteiger partial charge in [0, 0.05) is 25.7 Å². The van der Waals surface area contributed by atoms with Crippen LogP contribution in [0.15, 0.2) is 0 Å². The van der Waals surface area contributed by atoms with Crippen molar-refractivity contribution in [3.05, 3.63) is 0 Å². The van der Waals surface area contributed by atoms with E-state index < -0.39 is 10.0 Å². The number of nitrogens with zero attached hydrogens (tertiary/aromatic N) is 1. The quantitative estimate of drug-likeness (QED) is 0.699. The van der Waals surface area contributed by atoms with Crippen LogP contribution >= 0.6 is 0 Å². The number of hydrogen-bond acceptors (Lipinski definition) is 3. The van der Waals surface area contributed by atoms with Crippen molar-refractivity contribution in [1.29, 1.82) is 0 Å². The van der Waals surface area contributed by atoms with Crippen LogP contribution in [0.1, 0.15) is 47.0 Å². The van der Waals surface area contributed by atoms with Gasteiger partial charge in [0.2, 0.25) is 10.0 Å². The highest BCUT2D eigenvalue weighted by atomic mass is 32.2. The van der Waals surface area contributed by atoms with Gasteiger partial charge in [-0.2, -0.15) is 0 Å². The van der Waals surface area contributed by atoms with Crippen LogP contribution in [0.5, 0.6) is 0 Å². The van der Waals surface area contributed by atoms with E-state index in [2.05, 4.69) is 19.2 Å². The zero-order chi connectivity index (χ0) is 13.8. The van der Waals surface area contributed by atoms with E-state index in [1.165, 1.54) is 12.8 Å². The first-order valence-corrected chi connectivity index (χ1v) is 8.64. The maximum absolute atomic E-state index is 12.4. The molecule has 2 atom stereocenters. The summed E-state index contributed by atoms with van der Waals surface area (Å²) in [5.41, 5.74) is 0. The molecule has 1 N–H and O–H groups in total. The molecule has 0 aromatic carbocycles. The van der Waals surface area contributed by atoms with Crippen LogP contribution in [-0.4, -0.2) is 43.6 Å². The number of nitrogens with one attached hydrogen (secondary N) is 1. The molecule has 0 bridgehead atoms. The minimum absolute atomic E-state index is 0.331. The average Bonchev–Trinajstić information content (AvgIpc) is 3.16. The lowest BCUT2D eigenvalue weighted by atomic mass is 10.1. The molecule has 5 heteroatoms. The van der Waals surface area contributed by atoms with Gasteiger partial charge < -0.3 is 5.32 Å². The van der Waals surface area contributed by atoms with Gasteiger partial charge in [-0.3, -0.25) is 0 Å². The Balaban J connectivity index is 2.55. The Labute approximate surface area is 112 Å². The smallest absolute Gasteiger partial charge is 0.217 e. The van der Waals surface area contributed by atoms with E-state index in [0.717, 1.165) is 6.42 Å². The minimum atomic E-state index is -3.15. The lowest BCUT2D eigenvalue weighted by molar-refractivity contribution is 0.357. The molecule has 1 aliphatic carbocycles. The highest BCUT2D eigenvalue weighted by Gasteiger charge is 2.30. The predicted octanol–water partition coefficient (Wildman–Crippen LogP) is 1.82.